The Hall–Kier alpha value is -6.78. The summed E-state index contributed by atoms with van der Waals surface area (Å²) in [7, 11) is 0. The van der Waals surface area contributed by atoms with Crippen LogP contribution in [0.5, 0.6) is 0 Å². The largest absolute Gasteiger partial charge is 0.256 e. The second kappa shape index (κ2) is 12.7. The van der Waals surface area contributed by atoms with Gasteiger partial charge in [0.2, 0.25) is 0 Å². The Morgan fingerprint density at radius 3 is 1.28 bits per heavy atom. The first-order valence-electron chi connectivity index (χ1n) is 16.7. The Bertz CT molecular complexity index is 2590. The minimum atomic E-state index is 0.640. The van der Waals surface area contributed by atoms with Crippen molar-refractivity contribution in [3.05, 3.63) is 182 Å². The first-order valence-corrected chi connectivity index (χ1v) is 16.7. The molecule has 234 valence electrons. The maximum Gasteiger partial charge on any atom is 0.164 e. The molecule has 0 aliphatic rings. The fraction of sp³-hybridized carbons (Fsp3) is 0. The van der Waals surface area contributed by atoms with E-state index in [1.54, 1.807) is 0 Å². The van der Waals surface area contributed by atoms with E-state index in [-0.39, 0.29) is 0 Å². The highest BCUT2D eigenvalue weighted by Crippen LogP contribution is 2.38. The van der Waals surface area contributed by atoms with Crippen LogP contribution >= 0.6 is 0 Å². The van der Waals surface area contributed by atoms with Crippen molar-refractivity contribution in [1.82, 2.24) is 19.9 Å². The van der Waals surface area contributed by atoms with E-state index in [4.69, 9.17) is 15.0 Å². The van der Waals surface area contributed by atoms with E-state index in [0.29, 0.717) is 17.5 Å². The first-order chi connectivity index (χ1) is 24.8. The summed E-state index contributed by atoms with van der Waals surface area (Å²) in [6.07, 6.45) is 1.85. The number of benzene rings is 7. The van der Waals surface area contributed by atoms with Gasteiger partial charge in [-0.2, -0.15) is 0 Å². The van der Waals surface area contributed by atoms with Crippen molar-refractivity contribution in [1.29, 1.82) is 0 Å². The maximum atomic E-state index is 4.98. The highest BCUT2D eigenvalue weighted by molar-refractivity contribution is 6.06. The van der Waals surface area contributed by atoms with Gasteiger partial charge in [0.25, 0.3) is 0 Å². The molecular weight excluding hydrogens is 609 g/mol. The Labute approximate surface area is 290 Å². The van der Waals surface area contributed by atoms with Gasteiger partial charge in [0, 0.05) is 28.3 Å². The topological polar surface area (TPSA) is 51.6 Å². The van der Waals surface area contributed by atoms with Crippen molar-refractivity contribution >= 4 is 21.7 Å². The molecule has 2 aromatic heterocycles. The minimum absolute atomic E-state index is 0.640. The molecule has 0 atom stereocenters. The summed E-state index contributed by atoms with van der Waals surface area (Å²) in [4.78, 5) is 19.4. The third kappa shape index (κ3) is 5.49. The van der Waals surface area contributed by atoms with Crippen molar-refractivity contribution in [2.45, 2.75) is 0 Å². The number of fused-ring (bicyclic) bond motifs is 2. The van der Waals surface area contributed by atoms with Gasteiger partial charge in [-0.05, 0) is 68.4 Å². The molecule has 0 N–H and O–H groups in total. The van der Waals surface area contributed by atoms with Crippen molar-refractivity contribution in [3.8, 4) is 67.5 Å². The van der Waals surface area contributed by atoms with Crippen LogP contribution in [-0.2, 0) is 0 Å². The van der Waals surface area contributed by atoms with Gasteiger partial charge >= 0.3 is 0 Å². The summed E-state index contributed by atoms with van der Waals surface area (Å²) in [6, 6.07) is 61.1. The van der Waals surface area contributed by atoms with E-state index < -0.39 is 0 Å². The number of rotatable bonds is 6. The molecule has 50 heavy (non-hydrogen) atoms. The Balaban J connectivity index is 1.14. The molecule has 0 spiro atoms. The van der Waals surface area contributed by atoms with Gasteiger partial charge in [0.1, 0.15) is 0 Å². The summed E-state index contributed by atoms with van der Waals surface area (Å²) in [5.41, 5.74) is 10.8. The first kappa shape index (κ1) is 29.4. The van der Waals surface area contributed by atoms with Crippen LogP contribution in [0.25, 0.3) is 89.2 Å². The summed E-state index contributed by atoms with van der Waals surface area (Å²) in [6.45, 7) is 0. The van der Waals surface area contributed by atoms with Gasteiger partial charge in [0.05, 0.1) is 5.52 Å². The third-order valence-corrected chi connectivity index (χ3v) is 9.19. The monoisotopic (exact) mass is 638 g/mol. The predicted octanol–water partition coefficient (Wildman–Crippen LogP) is 11.6. The number of hydrogen-bond acceptors (Lipinski definition) is 4. The minimum Gasteiger partial charge on any atom is -0.256 e. The predicted molar refractivity (Wildman–Crippen MR) is 205 cm³/mol. The standard InChI is InChI=1S/C46H30N4/c1-3-13-31(14-4-1)44-48-45(32-15-5-2-6-16-32)50-46(49-44)36-20-10-19-35(30-36)39-27-26-38(40-21-7-8-22-41(39)40)34-18-9-17-33(29-34)37-23-11-25-43-42(37)24-12-28-47-43/h1-30H. The summed E-state index contributed by atoms with van der Waals surface area (Å²) in [5, 5.41) is 3.54. The smallest absolute Gasteiger partial charge is 0.164 e. The van der Waals surface area contributed by atoms with Crippen molar-refractivity contribution in [3.63, 3.8) is 0 Å². The Morgan fingerprint density at radius 1 is 0.280 bits per heavy atom. The zero-order valence-corrected chi connectivity index (χ0v) is 27.1. The number of hydrogen-bond donors (Lipinski definition) is 0. The van der Waals surface area contributed by atoms with Crippen LogP contribution in [-0.4, -0.2) is 19.9 Å². The highest BCUT2D eigenvalue weighted by Gasteiger charge is 2.15. The summed E-state index contributed by atoms with van der Waals surface area (Å²) >= 11 is 0. The van der Waals surface area contributed by atoms with E-state index in [1.165, 1.54) is 33.0 Å². The second-order valence-electron chi connectivity index (χ2n) is 12.3. The van der Waals surface area contributed by atoms with Gasteiger partial charge in [-0.15, -0.1) is 0 Å². The number of nitrogens with zero attached hydrogens (tertiary/aromatic N) is 4. The van der Waals surface area contributed by atoms with Crippen LogP contribution in [0.2, 0.25) is 0 Å². The van der Waals surface area contributed by atoms with Gasteiger partial charge in [-0.25, -0.2) is 15.0 Å². The molecule has 9 rings (SSSR count). The van der Waals surface area contributed by atoms with Crippen LogP contribution in [0.3, 0.4) is 0 Å². The van der Waals surface area contributed by atoms with E-state index in [9.17, 15) is 0 Å². The van der Waals surface area contributed by atoms with E-state index >= 15 is 0 Å². The molecule has 2 heterocycles. The molecule has 7 aromatic carbocycles. The summed E-state index contributed by atoms with van der Waals surface area (Å²) < 4.78 is 0. The average Bonchev–Trinajstić information content (AvgIpc) is 3.21. The van der Waals surface area contributed by atoms with E-state index in [2.05, 4.69) is 114 Å². The fourth-order valence-corrected chi connectivity index (χ4v) is 6.78. The average molecular weight is 639 g/mol. The van der Waals surface area contributed by atoms with Crippen molar-refractivity contribution < 1.29 is 0 Å². The van der Waals surface area contributed by atoms with E-state index in [1.807, 2.05) is 72.9 Å². The van der Waals surface area contributed by atoms with Crippen molar-refractivity contribution in [2.24, 2.45) is 0 Å². The van der Waals surface area contributed by atoms with Crippen molar-refractivity contribution in [2.75, 3.05) is 0 Å². The third-order valence-electron chi connectivity index (χ3n) is 9.19. The zero-order valence-electron chi connectivity index (χ0n) is 27.1. The lowest BCUT2D eigenvalue weighted by molar-refractivity contribution is 1.07. The SMILES string of the molecule is c1ccc(-c2nc(-c3ccccc3)nc(-c3cccc(-c4ccc(-c5cccc(-c6cccc7ncccc67)c5)c5ccccc45)c3)n2)cc1. The molecule has 0 bridgehead atoms. The lowest BCUT2D eigenvalue weighted by atomic mass is 9.90. The van der Waals surface area contributed by atoms with Gasteiger partial charge in [0.15, 0.2) is 17.5 Å². The molecule has 0 amide bonds. The van der Waals surface area contributed by atoms with Gasteiger partial charge in [-0.1, -0.05) is 152 Å². The fourth-order valence-electron chi connectivity index (χ4n) is 6.78. The van der Waals surface area contributed by atoms with Crippen LogP contribution < -0.4 is 0 Å². The molecule has 0 unspecified atom stereocenters. The number of aromatic nitrogens is 4. The van der Waals surface area contributed by atoms with Crippen LogP contribution in [0.1, 0.15) is 0 Å². The molecule has 0 radical (unpaired) electrons. The zero-order chi connectivity index (χ0) is 33.3. The lowest BCUT2D eigenvalue weighted by Gasteiger charge is -2.14. The molecule has 0 saturated heterocycles. The molecular formula is C46H30N4. The van der Waals surface area contributed by atoms with Gasteiger partial charge < -0.3 is 0 Å². The maximum absolute atomic E-state index is 4.98. The lowest BCUT2D eigenvalue weighted by Crippen LogP contribution is -2.00. The van der Waals surface area contributed by atoms with Crippen LogP contribution in [0.15, 0.2) is 182 Å². The molecule has 0 saturated carbocycles. The quantitative estimate of drug-likeness (QED) is 0.182. The number of pyridine rings is 1. The Kier molecular flexibility index (Phi) is 7.45. The summed E-state index contributed by atoms with van der Waals surface area (Å²) in [5.74, 6) is 1.94. The molecule has 0 aliphatic carbocycles. The van der Waals surface area contributed by atoms with Gasteiger partial charge in [-0.3, -0.25) is 4.98 Å². The normalized spacial score (nSPS) is 11.2. The molecule has 9 aromatic rings. The van der Waals surface area contributed by atoms with Crippen LogP contribution in [0, 0.1) is 0 Å². The molecule has 4 nitrogen and oxygen atoms in total. The van der Waals surface area contributed by atoms with E-state index in [0.717, 1.165) is 38.7 Å². The molecule has 0 aliphatic heterocycles. The molecule has 0 fully saturated rings. The highest BCUT2D eigenvalue weighted by atomic mass is 15.0. The second-order valence-corrected chi connectivity index (χ2v) is 12.3. The molecule has 4 heteroatoms. The van der Waals surface area contributed by atoms with Crippen LogP contribution in [0.4, 0.5) is 0 Å². The Morgan fingerprint density at radius 2 is 0.700 bits per heavy atom.